The van der Waals surface area contributed by atoms with E-state index in [4.69, 9.17) is 43.2 Å². The summed E-state index contributed by atoms with van der Waals surface area (Å²) in [5.74, 6) is -3.66. The van der Waals surface area contributed by atoms with Crippen LogP contribution in [0.2, 0.25) is 0 Å². The summed E-state index contributed by atoms with van der Waals surface area (Å²) in [5, 5.41) is 20.0. The molecule has 2 aliphatic heterocycles. The monoisotopic (exact) mass is 591 g/mol. The van der Waals surface area contributed by atoms with E-state index in [1.807, 2.05) is 6.07 Å². The van der Waals surface area contributed by atoms with Gasteiger partial charge in [-0.3, -0.25) is 24.0 Å². The Morgan fingerprint density at radius 3 is 1.85 bits per heavy atom. The maximum Gasteiger partial charge on any atom is 0.303 e. The first-order chi connectivity index (χ1) is 18.8. The number of rotatable bonds is 11. The largest absolute Gasteiger partial charge is 0.463 e. The predicted octanol–water partition coefficient (Wildman–Crippen LogP) is -0.250. The van der Waals surface area contributed by atoms with E-state index in [2.05, 4.69) is 0 Å². The van der Waals surface area contributed by atoms with E-state index in [1.165, 1.54) is 6.92 Å². The molecule has 16 heteroatoms. The van der Waals surface area contributed by atoms with Crippen LogP contribution in [-0.4, -0.2) is 108 Å². The van der Waals surface area contributed by atoms with Gasteiger partial charge in [0.15, 0.2) is 24.6 Å². The van der Waals surface area contributed by atoms with Crippen molar-refractivity contribution in [2.75, 3.05) is 19.0 Å². The first-order valence-corrected chi connectivity index (χ1v) is 13.3. The van der Waals surface area contributed by atoms with Crippen LogP contribution in [0.5, 0.6) is 0 Å². The lowest BCUT2D eigenvalue weighted by Crippen LogP contribution is -2.64. The molecule has 9 atom stereocenters. The number of aliphatic hydroxyl groups excluding tert-OH is 1. The number of ether oxygens (including phenoxy) is 8. The van der Waals surface area contributed by atoms with Crippen molar-refractivity contribution >= 4 is 41.6 Å². The Labute approximate surface area is 234 Å². The summed E-state index contributed by atoms with van der Waals surface area (Å²) in [6.45, 7) is 4.81. The van der Waals surface area contributed by atoms with Gasteiger partial charge in [-0.05, 0) is 0 Å². The van der Waals surface area contributed by atoms with Crippen LogP contribution in [0.3, 0.4) is 0 Å². The van der Waals surface area contributed by atoms with Crippen LogP contribution in [0.25, 0.3) is 0 Å². The summed E-state index contributed by atoms with van der Waals surface area (Å²) < 4.78 is 43.9. The molecule has 0 spiro atoms. The zero-order chi connectivity index (χ0) is 30.0. The second-order valence-electron chi connectivity index (χ2n) is 8.84. The first-order valence-electron chi connectivity index (χ1n) is 12.2. The molecule has 2 saturated heterocycles. The van der Waals surface area contributed by atoms with Gasteiger partial charge in [0, 0.05) is 41.0 Å². The molecule has 0 aromatic rings. The van der Waals surface area contributed by atoms with Gasteiger partial charge in [-0.25, -0.2) is 0 Å². The van der Waals surface area contributed by atoms with Gasteiger partial charge in [-0.15, -0.1) is 11.8 Å². The molecular formula is C24H33NO14S. The van der Waals surface area contributed by atoms with E-state index < -0.39 is 90.9 Å². The van der Waals surface area contributed by atoms with E-state index in [0.29, 0.717) is 0 Å². The Balaban J connectivity index is 2.44. The molecule has 0 saturated carbocycles. The lowest BCUT2D eigenvalue weighted by Gasteiger charge is -2.46. The number of thioether (sulfide) groups is 1. The average molecular weight is 592 g/mol. The molecule has 0 amide bonds. The molecule has 0 radical (unpaired) electrons. The highest BCUT2D eigenvalue weighted by molar-refractivity contribution is 7.99. The number of carbonyl (C=O) groups excluding carboxylic acids is 5. The molecule has 2 aliphatic rings. The van der Waals surface area contributed by atoms with Gasteiger partial charge in [0.25, 0.3) is 0 Å². The molecule has 224 valence electrons. The minimum absolute atomic E-state index is 0.0248. The maximum atomic E-state index is 12.0. The molecule has 2 rings (SSSR count). The van der Waals surface area contributed by atoms with Crippen LogP contribution in [-0.2, 0) is 61.9 Å². The van der Waals surface area contributed by atoms with Gasteiger partial charge in [-0.2, -0.15) is 5.26 Å². The lowest BCUT2D eigenvalue weighted by molar-refractivity contribution is -0.330. The third kappa shape index (κ3) is 10.2. The Morgan fingerprint density at radius 1 is 0.800 bits per heavy atom. The zero-order valence-corrected chi connectivity index (χ0v) is 23.5. The number of hydrogen-bond acceptors (Lipinski definition) is 16. The molecule has 1 N–H and O–H groups in total. The van der Waals surface area contributed by atoms with Gasteiger partial charge in [0.05, 0.1) is 17.9 Å². The molecule has 0 aromatic carbocycles. The fourth-order valence-electron chi connectivity index (χ4n) is 4.08. The number of carbonyl (C=O) groups is 5. The molecule has 15 nitrogen and oxygen atoms in total. The van der Waals surface area contributed by atoms with Crippen molar-refractivity contribution in [3.8, 4) is 6.07 Å². The van der Waals surface area contributed by atoms with Crippen molar-refractivity contribution < 1.29 is 67.0 Å². The lowest BCUT2D eigenvalue weighted by atomic mass is 9.97. The number of nitriles is 1. The Hall–Kier alpha value is -2.97. The van der Waals surface area contributed by atoms with E-state index in [1.54, 1.807) is 0 Å². The summed E-state index contributed by atoms with van der Waals surface area (Å²) in [5.41, 5.74) is -0.667. The molecule has 2 heterocycles. The second kappa shape index (κ2) is 15.7. The highest BCUT2D eigenvalue weighted by Gasteiger charge is 2.54. The summed E-state index contributed by atoms with van der Waals surface area (Å²) >= 11 is 1.12. The van der Waals surface area contributed by atoms with E-state index >= 15 is 0 Å². The summed E-state index contributed by atoms with van der Waals surface area (Å²) in [4.78, 5) is 58.8. The number of nitrogens with zero attached hydrogens (tertiary/aromatic N) is 1. The van der Waals surface area contributed by atoms with Gasteiger partial charge < -0.3 is 43.0 Å². The first kappa shape index (κ1) is 33.2. The number of aliphatic hydroxyl groups is 1. The highest BCUT2D eigenvalue weighted by atomic mass is 32.2. The van der Waals surface area contributed by atoms with Crippen molar-refractivity contribution in [3.05, 3.63) is 0 Å². The summed E-state index contributed by atoms with van der Waals surface area (Å²) in [7, 11) is 0. The minimum atomic E-state index is -1.53. The van der Waals surface area contributed by atoms with Gasteiger partial charge in [0.2, 0.25) is 0 Å². The van der Waals surface area contributed by atoms with Crippen LogP contribution in [0.15, 0.2) is 0 Å². The van der Waals surface area contributed by atoms with Crippen molar-refractivity contribution in [2.24, 2.45) is 0 Å². The van der Waals surface area contributed by atoms with E-state index in [-0.39, 0.29) is 18.8 Å². The Kier molecular flexibility index (Phi) is 13.1. The minimum Gasteiger partial charge on any atom is -0.463 e. The normalized spacial score (nSPS) is 31.7. The molecule has 4 unspecified atom stereocenters. The third-order valence-electron chi connectivity index (χ3n) is 5.55. The van der Waals surface area contributed by atoms with Crippen LogP contribution in [0.1, 0.15) is 41.0 Å². The topological polar surface area (TPSA) is 203 Å². The standard InChI is InChI=1S/C24H33NO14S/c1-11(26)32-9-17-20(31)16(8-19(37-17)40-7-6-25)38-24-23(36-15(5)30)22(35-14(4)29)21(34-13(3)28)18(39-24)10-33-12(2)27/h16-24,31H,7-10H2,1-5H3/t16-,17?,18?,19?,20+,21+,22?,23+,24-/m1/s1. The molecular weight excluding hydrogens is 558 g/mol. The van der Waals surface area contributed by atoms with Crippen LogP contribution < -0.4 is 0 Å². The van der Waals surface area contributed by atoms with Crippen LogP contribution in [0, 0.1) is 11.3 Å². The van der Waals surface area contributed by atoms with Crippen molar-refractivity contribution in [1.82, 2.24) is 0 Å². The number of hydrogen-bond donors (Lipinski definition) is 1. The molecule has 0 aliphatic carbocycles. The molecule has 2 fully saturated rings. The van der Waals surface area contributed by atoms with E-state index in [0.717, 1.165) is 39.5 Å². The van der Waals surface area contributed by atoms with Crippen LogP contribution >= 0.6 is 11.8 Å². The summed E-state index contributed by atoms with van der Waals surface area (Å²) in [6.07, 6.45) is -10.6. The number of esters is 5. The average Bonchev–Trinajstić information content (AvgIpc) is 2.84. The maximum absolute atomic E-state index is 12.0. The second-order valence-corrected chi connectivity index (χ2v) is 9.99. The Bertz CT molecular complexity index is 970. The molecule has 0 aromatic heterocycles. The third-order valence-corrected chi connectivity index (χ3v) is 6.53. The van der Waals surface area contributed by atoms with Crippen molar-refractivity contribution in [1.29, 1.82) is 5.26 Å². The van der Waals surface area contributed by atoms with Crippen molar-refractivity contribution in [3.63, 3.8) is 0 Å². The van der Waals surface area contributed by atoms with Gasteiger partial charge in [0.1, 0.15) is 37.0 Å². The van der Waals surface area contributed by atoms with Gasteiger partial charge in [-0.1, -0.05) is 0 Å². The molecule has 40 heavy (non-hydrogen) atoms. The smallest absolute Gasteiger partial charge is 0.303 e. The molecule has 0 bridgehead atoms. The highest BCUT2D eigenvalue weighted by Crippen LogP contribution is 2.35. The SMILES string of the molecule is CC(=O)OCC1O[C@@H](O[C@@H]2CC(SCC#N)OC(COC(C)=O)[C@H]2O)[C@@H](OC(C)=O)C(OC(C)=O)[C@H]1OC(C)=O. The zero-order valence-electron chi connectivity index (χ0n) is 22.6. The quantitative estimate of drug-likeness (QED) is 0.243. The Morgan fingerprint density at radius 2 is 1.32 bits per heavy atom. The fraction of sp³-hybridized carbons (Fsp3) is 0.750. The van der Waals surface area contributed by atoms with Crippen molar-refractivity contribution in [2.45, 2.75) is 95.5 Å². The van der Waals surface area contributed by atoms with E-state index in [9.17, 15) is 29.1 Å². The van der Waals surface area contributed by atoms with Crippen LogP contribution in [0.4, 0.5) is 0 Å². The fourth-order valence-corrected chi connectivity index (χ4v) is 4.89. The predicted molar refractivity (Wildman–Crippen MR) is 131 cm³/mol. The summed E-state index contributed by atoms with van der Waals surface area (Å²) in [6, 6.07) is 1.97. The van der Waals surface area contributed by atoms with Gasteiger partial charge >= 0.3 is 29.8 Å².